The van der Waals surface area contributed by atoms with Gasteiger partial charge >= 0.3 is 0 Å². The molecule has 0 amide bonds. The van der Waals surface area contributed by atoms with Gasteiger partial charge in [0.2, 0.25) is 0 Å². The normalized spacial score (nSPS) is 32.1. The van der Waals surface area contributed by atoms with Crippen LogP contribution in [0.5, 0.6) is 0 Å². The van der Waals surface area contributed by atoms with Crippen LogP contribution in [0.3, 0.4) is 0 Å². The maximum absolute atomic E-state index is 6.03. The molecule has 1 atom stereocenters. The van der Waals surface area contributed by atoms with E-state index in [1.165, 1.54) is 32.2 Å². The second-order valence-electron chi connectivity index (χ2n) is 6.00. The molecule has 94 valence electrons. The van der Waals surface area contributed by atoms with E-state index in [0.717, 1.165) is 24.3 Å². The number of hydrogen-bond donors (Lipinski definition) is 0. The number of rotatable bonds is 3. The molecule has 1 saturated carbocycles. The van der Waals surface area contributed by atoms with E-state index in [0.29, 0.717) is 6.10 Å². The highest BCUT2D eigenvalue weighted by Crippen LogP contribution is 2.28. The molecule has 0 bridgehead atoms. The maximum Gasteiger partial charge on any atom is 0.0806 e. The fourth-order valence-electron chi connectivity index (χ4n) is 3.19. The van der Waals surface area contributed by atoms with Gasteiger partial charge in [0.25, 0.3) is 0 Å². The summed E-state index contributed by atoms with van der Waals surface area (Å²) >= 11 is 3.55. The van der Waals surface area contributed by atoms with E-state index < -0.39 is 0 Å². The molecular weight excluding hydrogens is 266 g/mol. The smallest absolute Gasteiger partial charge is 0.0806 e. The molecular formula is C13H24BrNO. The van der Waals surface area contributed by atoms with Crippen molar-refractivity contribution >= 4 is 15.9 Å². The summed E-state index contributed by atoms with van der Waals surface area (Å²) in [5, 5.41) is 0.956. The van der Waals surface area contributed by atoms with Crippen LogP contribution < -0.4 is 0 Å². The van der Waals surface area contributed by atoms with E-state index in [2.05, 4.69) is 34.7 Å². The van der Waals surface area contributed by atoms with Gasteiger partial charge < -0.3 is 4.74 Å². The van der Waals surface area contributed by atoms with E-state index in [1.807, 2.05) is 0 Å². The molecule has 2 rings (SSSR count). The van der Waals surface area contributed by atoms with Gasteiger partial charge in [-0.05, 0) is 32.6 Å². The SMILES string of the molecule is CC1(C)CN(CC2CCCC2)CC(CBr)O1. The third-order valence-electron chi connectivity index (χ3n) is 3.72. The Kier molecular flexibility index (Phi) is 4.31. The molecule has 1 unspecified atom stereocenters. The van der Waals surface area contributed by atoms with Crippen LogP contribution in [0.2, 0.25) is 0 Å². The number of ether oxygens (including phenoxy) is 1. The predicted molar refractivity (Wildman–Crippen MR) is 71.1 cm³/mol. The first-order valence-corrected chi connectivity index (χ1v) is 7.67. The monoisotopic (exact) mass is 289 g/mol. The maximum atomic E-state index is 6.03. The van der Waals surface area contributed by atoms with Crippen molar-refractivity contribution in [3.05, 3.63) is 0 Å². The lowest BCUT2D eigenvalue weighted by Crippen LogP contribution is -2.54. The van der Waals surface area contributed by atoms with Gasteiger partial charge in [0, 0.05) is 25.0 Å². The van der Waals surface area contributed by atoms with Crippen LogP contribution in [0.25, 0.3) is 0 Å². The summed E-state index contributed by atoms with van der Waals surface area (Å²) in [4.78, 5) is 2.62. The number of nitrogens with zero attached hydrogens (tertiary/aromatic N) is 1. The minimum atomic E-state index is 0.0231. The fraction of sp³-hybridized carbons (Fsp3) is 1.00. The first-order chi connectivity index (χ1) is 7.59. The topological polar surface area (TPSA) is 12.5 Å². The largest absolute Gasteiger partial charge is 0.369 e. The predicted octanol–water partition coefficient (Wildman–Crippen LogP) is 3.05. The summed E-state index contributed by atoms with van der Waals surface area (Å²) in [6.07, 6.45) is 6.14. The van der Waals surface area contributed by atoms with Crippen LogP contribution in [0.1, 0.15) is 39.5 Å². The van der Waals surface area contributed by atoms with Crippen molar-refractivity contribution in [1.82, 2.24) is 4.90 Å². The summed E-state index contributed by atoms with van der Waals surface area (Å²) in [5.74, 6) is 0.949. The molecule has 2 nitrogen and oxygen atoms in total. The van der Waals surface area contributed by atoms with Gasteiger partial charge in [-0.1, -0.05) is 28.8 Å². The van der Waals surface area contributed by atoms with Crippen LogP contribution in [0.15, 0.2) is 0 Å². The molecule has 0 radical (unpaired) electrons. The van der Waals surface area contributed by atoms with E-state index >= 15 is 0 Å². The zero-order valence-electron chi connectivity index (χ0n) is 10.5. The molecule has 2 aliphatic rings. The van der Waals surface area contributed by atoms with E-state index in [9.17, 15) is 0 Å². The van der Waals surface area contributed by atoms with Gasteiger partial charge in [-0.2, -0.15) is 0 Å². The molecule has 1 aliphatic carbocycles. The van der Waals surface area contributed by atoms with Crippen molar-refractivity contribution in [3.63, 3.8) is 0 Å². The minimum Gasteiger partial charge on any atom is -0.369 e. The van der Waals surface area contributed by atoms with Crippen molar-refractivity contribution in [2.45, 2.75) is 51.2 Å². The lowest BCUT2D eigenvalue weighted by atomic mass is 10.0. The number of halogens is 1. The van der Waals surface area contributed by atoms with Gasteiger partial charge in [0.05, 0.1) is 11.7 Å². The summed E-state index contributed by atoms with van der Waals surface area (Å²) in [6, 6.07) is 0. The van der Waals surface area contributed by atoms with Crippen LogP contribution in [-0.2, 0) is 4.74 Å². The number of morpholine rings is 1. The molecule has 1 aliphatic heterocycles. The highest BCUT2D eigenvalue weighted by Gasteiger charge is 2.33. The Bertz CT molecular complexity index is 226. The molecule has 0 aromatic carbocycles. The minimum absolute atomic E-state index is 0.0231. The van der Waals surface area contributed by atoms with Gasteiger partial charge in [-0.15, -0.1) is 0 Å². The third-order valence-corrected chi connectivity index (χ3v) is 4.44. The van der Waals surface area contributed by atoms with Crippen molar-refractivity contribution < 1.29 is 4.74 Å². The molecule has 0 aromatic rings. The average molecular weight is 290 g/mol. The molecule has 1 saturated heterocycles. The molecule has 0 aromatic heterocycles. The van der Waals surface area contributed by atoms with Crippen molar-refractivity contribution in [1.29, 1.82) is 0 Å². The standard InChI is InChI=1S/C13H24BrNO/c1-13(2)10-15(9-12(7-14)16-13)8-11-5-3-4-6-11/h11-12H,3-10H2,1-2H3. The van der Waals surface area contributed by atoms with Gasteiger partial charge in [-0.25, -0.2) is 0 Å². The lowest BCUT2D eigenvalue weighted by Gasteiger charge is -2.43. The highest BCUT2D eigenvalue weighted by molar-refractivity contribution is 9.09. The van der Waals surface area contributed by atoms with E-state index in [1.54, 1.807) is 0 Å². The van der Waals surface area contributed by atoms with Crippen molar-refractivity contribution in [2.24, 2.45) is 5.92 Å². The molecule has 16 heavy (non-hydrogen) atoms. The van der Waals surface area contributed by atoms with Crippen molar-refractivity contribution in [2.75, 3.05) is 25.0 Å². The Morgan fingerprint density at radius 2 is 2.00 bits per heavy atom. The molecule has 0 spiro atoms. The molecule has 2 fully saturated rings. The Morgan fingerprint density at radius 1 is 1.31 bits per heavy atom. The fourth-order valence-corrected chi connectivity index (χ4v) is 3.53. The van der Waals surface area contributed by atoms with Crippen molar-refractivity contribution in [3.8, 4) is 0 Å². The molecule has 0 N–H and O–H groups in total. The van der Waals surface area contributed by atoms with Gasteiger partial charge in [0.1, 0.15) is 0 Å². The summed E-state index contributed by atoms with van der Waals surface area (Å²) in [7, 11) is 0. The highest BCUT2D eigenvalue weighted by atomic mass is 79.9. The summed E-state index contributed by atoms with van der Waals surface area (Å²) < 4.78 is 6.03. The van der Waals surface area contributed by atoms with Gasteiger partial charge in [-0.3, -0.25) is 4.90 Å². The Labute approximate surface area is 108 Å². The number of hydrogen-bond acceptors (Lipinski definition) is 2. The van der Waals surface area contributed by atoms with Crippen LogP contribution >= 0.6 is 15.9 Å². The van der Waals surface area contributed by atoms with E-state index in [4.69, 9.17) is 4.74 Å². The lowest BCUT2D eigenvalue weighted by molar-refractivity contribution is -0.128. The summed E-state index contributed by atoms with van der Waals surface area (Å²) in [5.41, 5.74) is 0.0231. The van der Waals surface area contributed by atoms with Gasteiger partial charge in [0.15, 0.2) is 0 Å². The average Bonchev–Trinajstić information content (AvgIpc) is 2.67. The quantitative estimate of drug-likeness (QED) is 0.741. The first-order valence-electron chi connectivity index (χ1n) is 6.55. The second-order valence-corrected chi connectivity index (χ2v) is 6.65. The molecule has 1 heterocycles. The van der Waals surface area contributed by atoms with Crippen LogP contribution in [-0.4, -0.2) is 41.6 Å². The van der Waals surface area contributed by atoms with E-state index in [-0.39, 0.29) is 5.60 Å². The third kappa shape index (κ3) is 3.44. The van der Waals surface area contributed by atoms with Crippen LogP contribution in [0, 0.1) is 5.92 Å². The molecule has 3 heteroatoms. The van der Waals surface area contributed by atoms with Crippen LogP contribution in [0.4, 0.5) is 0 Å². The first kappa shape index (κ1) is 12.8. The zero-order chi connectivity index (χ0) is 11.6. The zero-order valence-corrected chi connectivity index (χ0v) is 12.1. The Hall–Kier alpha value is 0.400. The Balaban J connectivity index is 1.87. The second kappa shape index (κ2) is 5.36. The Morgan fingerprint density at radius 3 is 2.62 bits per heavy atom. The number of alkyl halides is 1. The summed E-state index contributed by atoms with van der Waals surface area (Å²) in [6.45, 7) is 7.90.